The Hall–Kier alpha value is -1.40. The predicted molar refractivity (Wildman–Crippen MR) is 67.5 cm³/mol. The van der Waals surface area contributed by atoms with Gasteiger partial charge in [0.15, 0.2) is 16.6 Å². The van der Waals surface area contributed by atoms with Crippen LogP contribution in [0.15, 0.2) is 18.2 Å². The van der Waals surface area contributed by atoms with Gasteiger partial charge in [0, 0.05) is 13.0 Å². The van der Waals surface area contributed by atoms with Crippen LogP contribution in [0.3, 0.4) is 0 Å². The van der Waals surface area contributed by atoms with Crippen LogP contribution < -0.4 is 5.32 Å². The number of nitrogens with one attached hydrogen (secondary N) is 1. The summed E-state index contributed by atoms with van der Waals surface area (Å²) in [4.78, 5) is 0. The van der Waals surface area contributed by atoms with Gasteiger partial charge >= 0.3 is 0 Å². The second-order valence-electron chi connectivity index (χ2n) is 3.71. The lowest BCUT2D eigenvalue weighted by Crippen LogP contribution is -2.15. The fourth-order valence-electron chi connectivity index (χ4n) is 1.50. The summed E-state index contributed by atoms with van der Waals surface area (Å²) in [6.45, 7) is 3.72. The highest BCUT2D eigenvalue weighted by Gasteiger charge is 2.13. The molecule has 96 valence electrons. The molecule has 0 aliphatic heterocycles. The molecule has 2 rings (SSSR count). The second-order valence-corrected chi connectivity index (χ2v) is 4.77. The highest BCUT2D eigenvalue weighted by atomic mass is 32.1. The van der Waals surface area contributed by atoms with Gasteiger partial charge in [0.05, 0.1) is 5.56 Å². The first-order valence-electron chi connectivity index (χ1n) is 5.70. The van der Waals surface area contributed by atoms with Crippen molar-refractivity contribution in [3.63, 3.8) is 0 Å². The zero-order valence-corrected chi connectivity index (χ0v) is 10.7. The summed E-state index contributed by atoms with van der Waals surface area (Å²) in [6.07, 6.45) is 0.739. The second kappa shape index (κ2) is 5.97. The number of nitrogens with zero attached hydrogens (tertiary/aromatic N) is 2. The quantitative estimate of drug-likeness (QED) is 0.848. The molecule has 0 aliphatic carbocycles. The maximum Gasteiger partial charge on any atom is 0.169 e. The van der Waals surface area contributed by atoms with E-state index in [-0.39, 0.29) is 5.56 Å². The van der Waals surface area contributed by atoms with Crippen LogP contribution in [0.4, 0.5) is 8.78 Å². The van der Waals surface area contributed by atoms with Gasteiger partial charge in [0.25, 0.3) is 0 Å². The van der Waals surface area contributed by atoms with Gasteiger partial charge in [-0.1, -0.05) is 24.3 Å². The topological polar surface area (TPSA) is 37.8 Å². The van der Waals surface area contributed by atoms with E-state index in [2.05, 4.69) is 15.5 Å². The van der Waals surface area contributed by atoms with E-state index in [0.717, 1.165) is 30.6 Å². The molecule has 1 aromatic heterocycles. The number of likely N-dealkylation sites (N-methyl/N-ethyl adjacent to an activating group) is 1. The van der Waals surface area contributed by atoms with E-state index in [1.807, 2.05) is 6.92 Å². The number of rotatable bonds is 5. The van der Waals surface area contributed by atoms with Crippen LogP contribution in [0.5, 0.6) is 0 Å². The molecule has 1 heterocycles. The van der Waals surface area contributed by atoms with Gasteiger partial charge in [0.2, 0.25) is 0 Å². The first kappa shape index (κ1) is 13.0. The van der Waals surface area contributed by atoms with E-state index in [0.29, 0.717) is 5.01 Å². The first-order valence-corrected chi connectivity index (χ1v) is 6.51. The Morgan fingerprint density at radius 1 is 1.28 bits per heavy atom. The van der Waals surface area contributed by atoms with E-state index >= 15 is 0 Å². The van der Waals surface area contributed by atoms with Gasteiger partial charge in [-0.15, -0.1) is 10.2 Å². The largest absolute Gasteiger partial charge is 0.317 e. The molecule has 3 nitrogen and oxygen atoms in total. The molecule has 6 heteroatoms. The van der Waals surface area contributed by atoms with Gasteiger partial charge in [-0.05, 0) is 18.7 Å². The minimum Gasteiger partial charge on any atom is -0.317 e. The summed E-state index contributed by atoms with van der Waals surface area (Å²) < 4.78 is 26.6. The van der Waals surface area contributed by atoms with Crippen molar-refractivity contribution in [3.05, 3.63) is 34.8 Å². The Morgan fingerprint density at radius 3 is 2.89 bits per heavy atom. The van der Waals surface area contributed by atoms with E-state index < -0.39 is 11.6 Å². The van der Waals surface area contributed by atoms with Crippen LogP contribution in [0.1, 0.15) is 11.9 Å². The van der Waals surface area contributed by atoms with Gasteiger partial charge in [-0.3, -0.25) is 0 Å². The summed E-state index contributed by atoms with van der Waals surface area (Å²) in [5, 5.41) is 12.3. The number of hydrogen-bond donors (Lipinski definition) is 1. The standard InChI is InChI=1S/C12H13F2N3S/c1-2-15-7-6-10-16-17-12(18-10)8-4-3-5-9(13)11(8)14/h3-5,15H,2,6-7H2,1H3. The third-order valence-electron chi connectivity index (χ3n) is 2.41. The number of hydrogen-bond acceptors (Lipinski definition) is 4. The molecule has 0 spiro atoms. The normalized spacial score (nSPS) is 10.8. The molecule has 18 heavy (non-hydrogen) atoms. The number of benzene rings is 1. The van der Waals surface area contributed by atoms with Crippen LogP contribution >= 0.6 is 11.3 Å². The van der Waals surface area contributed by atoms with Crippen molar-refractivity contribution < 1.29 is 8.78 Å². The van der Waals surface area contributed by atoms with Gasteiger partial charge in [0.1, 0.15) is 5.01 Å². The fourth-order valence-corrected chi connectivity index (χ4v) is 2.36. The highest BCUT2D eigenvalue weighted by Crippen LogP contribution is 2.27. The minimum absolute atomic E-state index is 0.169. The first-order chi connectivity index (χ1) is 8.72. The summed E-state index contributed by atoms with van der Waals surface area (Å²) >= 11 is 1.29. The van der Waals surface area contributed by atoms with Crippen molar-refractivity contribution >= 4 is 11.3 Å². The van der Waals surface area contributed by atoms with Crippen LogP contribution in [-0.2, 0) is 6.42 Å². The van der Waals surface area contributed by atoms with Gasteiger partial charge in [-0.25, -0.2) is 8.78 Å². The molecule has 2 aromatic rings. The Kier molecular flexibility index (Phi) is 4.33. The van der Waals surface area contributed by atoms with E-state index in [1.165, 1.54) is 23.5 Å². The molecular formula is C12H13F2N3S. The highest BCUT2D eigenvalue weighted by molar-refractivity contribution is 7.14. The van der Waals surface area contributed by atoms with Crippen LogP contribution in [0.25, 0.3) is 10.6 Å². The van der Waals surface area contributed by atoms with Gasteiger partial charge in [-0.2, -0.15) is 0 Å². The fraction of sp³-hybridized carbons (Fsp3) is 0.333. The molecule has 0 saturated carbocycles. The van der Waals surface area contributed by atoms with Crippen molar-refractivity contribution in [3.8, 4) is 10.6 Å². The Labute approximate surface area is 108 Å². The molecule has 0 bridgehead atoms. The molecule has 0 radical (unpaired) electrons. The summed E-state index contributed by atoms with van der Waals surface area (Å²) in [7, 11) is 0. The number of aromatic nitrogens is 2. The van der Waals surface area contributed by atoms with Crippen molar-refractivity contribution in [2.75, 3.05) is 13.1 Å². The molecule has 0 fully saturated rings. The van der Waals surface area contributed by atoms with E-state index in [1.54, 1.807) is 0 Å². The number of halogens is 2. The van der Waals surface area contributed by atoms with Crippen molar-refractivity contribution in [2.24, 2.45) is 0 Å². The lowest BCUT2D eigenvalue weighted by Gasteiger charge is -1.98. The average molecular weight is 269 g/mol. The molecule has 0 atom stereocenters. The summed E-state index contributed by atoms with van der Waals surface area (Å²) in [5.74, 6) is -1.73. The van der Waals surface area contributed by atoms with Crippen LogP contribution in [0.2, 0.25) is 0 Å². The minimum atomic E-state index is -0.869. The zero-order valence-electron chi connectivity index (χ0n) is 9.91. The maximum atomic E-state index is 13.6. The molecule has 0 unspecified atom stereocenters. The van der Waals surface area contributed by atoms with Crippen LogP contribution in [0, 0.1) is 11.6 Å². The summed E-state index contributed by atoms with van der Waals surface area (Å²) in [5.41, 5.74) is 0.169. The summed E-state index contributed by atoms with van der Waals surface area (Å²) in [6, 6.07) is 4.06. The van der Waals surface area contributed by atoms with E-state index in [9.17, 15) is 8.78 Å². The van der Waals surface area contributed by atoms with Crippen molar-refractivity contribution in [2.45, 2.75) is 13.3 Å². The predicted octanol–water partition coefficient (Wildman–Crippen LogP) is 2.64. The zero-order chi connectivity index (χ0) is 13.0. The Morgan fingerprint density at radius 2 is 2.11 bits per heavy atom. The molecule has 0 saturated heterocycles. The third-order valence-corrected chi connectivity index (χ3v) is 3.43. The Bertz CT molecular complexity index is 528. The van der Waals surface area contributed by atoms with Crippen molar-refractivity contribution in [1.82, 2.24) is 15.5 Å². The van der Waals surface area contributed by atoms with Crippen LogP contribution in [-0.4, -0.2) is 23.3 Å². The lowest BCUT2D eigenvalue weighted by atomic mass is 10.2. The average Bonchev–Trinajstić information content (AvgIpc) is 2.82. The molecule has 0 aliphatic rings. The van der Waals surface area contributed by atoms with Crippen molar-refractivity contribution in [1.29, 1.82) is 0 Å². The molecular weight excluding hydrogens is 256 g/mol. The molecule has 1 N–H and O–H groups in total. The SMILES string of the molecule is CCNCCc1nnc(-c2cccc(F)c2F)s1. The maximum absolute atomic E-state index is 13.6. The van der Waals surface area contributed by atoms with E-state index in [4.69, 9.17) is 0 Å². The molecule has 0 amide bonds. The third kappa shape index (κ3) is 2.88. The smallest absolute Gasteiger partial charge is 0.169 e. The Balaban J connectivity index is 2.16. The monoisotopic (exact) mass is 269 g/mol. The lowest BCUT2D eigenvalue weighted by molar-refractivity contribution is 0.511. The molecule has 1 aromatic carbocycles. The van der Waals surface area contributed by atoms with Gasteiger partial charge < -0.3 is 5.32 Å².